The predicted octanol–water partition coefficient (Wildman–Crippen LogP) is 4.75. The third-order valence-electron chi connectivity index (χ3n) is 3.01. The average molecular weight is 358 g/mol. The Bertz CT molecular complexity index is 573. The lowest BCUT2D eigenvalue weighted by Gasteiger charge is -2.21. The Morgan fingerprint density at radius 2 is 2.20 bits per heavy atom. The fourth-order valence-electron chi connectivity index (χ4n) is 2.07. The van der Waals surface area contributed by atoms with Crippen LogP contribution in [0.25, 0.3) is 0 Å². The second kappa shape index (κ2) is 7.20. The normalized spacial score (nSPS) is 12.4. The first-order valence-electron chi connectivity index (χ1n) is 6.47. The van der Waals surface area contributed by atoms with Gasteiger partial charge in [-0.3, -0.25) is 0 Å². The molecule has 0 aliphatic carbocycles. The van der Waals surface area contributed by atoms with E-state index in [2.05, 4.69) is 28.2 Å². The van der Waals surface area contributed by atoms with Gasteiger partial charge in [0, 0.05) is 14.9 Å². The zero-order chi connectivity index (χ0) is 14.5. The van der Waals surface area contributed by atoms with Gasteiger partial charge in [0.1, 0.15) is 11.6 Å². The van der Waals surface area contributed by atoms with Crippen LogP contribution in [-0.2, 0) is 0 Å². The van der Waals surface area contributed by atoms with E-state index in [9.17, 15) is 4.39 Å². The van der Waals surface area contributed by atoms with E-state index in [0.717, 1.165) is 27.9 Å². The third-order valence-corrected chi connectivity index (χ3v) is 4.94. The molecule has 2 aromatic rings. The Hall–Kier alpha value is -0.910. The van der Waals surface area contributed by atoms with Crippen LogP contribution in [0.5, 0.6) is 5.75 Å². The number of rotatable bonds is 6. The molecule has 5 heteroatoms. The molecular formula is C15H17BrFNOS. The summed E-state index contributed by atoms with van der Waals surface area (Å²) in [5, 5.41) is 5.48. The van der Waals surface area contributed by atoms with Crippen LogP contribution >= 0.6 is 27.3 Å². The van der Waals surface area contributed by atoms with Crippen molar-refractivity contribution in [3.8, 4) is 5.75 Å². The van der Waals surface area contributed by atoms with Gasteiger partial charge in [-0.05, 0) is 58.5 Å². The number of benzene rings is 1. The molecule has 20 heavy (non-hydrogen) atoms. The average Bonchev–Trinajstić information content (AvgIpc) is 2.86. The van der Waals surface area contributed by atoms with E-state index in [1.807, 2.05) is 11.4 Å². The van der Waals surface area contributed by atoms with Gasteiger partial charge >= 0.3 is 0 Å². The van der Waals surface area contributed by atoms with Crippen molar-refractivity contribution in [3.05, 3.63) is 50.4 Å². The molecule has 1 aromatic carbocycles. The molecule has 0 spiro atoms. The highest BCUT2D eigenvalue weighted by molar-refractivity contribution is 9.10. The summed E-state index contributed by atoms with van der Waals surface area (Å²) in [6.45, 7) is 2.96. The standard InChI is InChI=1S/C15H17BrFNOS/c1-3-7-18-14(15-12(16)6-8-20-15)11-9-10(17)4-5-13(11)19-2/h4-6,8-9,14,18H,3,7H2,1-2H3. The summed E-state index contributed by atoms with van der Waals surface area (Å²) in [6, 6.07) is 6.56. The highest BCUT2D eigenvalue weighted by Crippen LogP contribution is 2.37. The van der Waals surface area contributed by atoms with E-state index in [0.29, 0.717) is 5.75 Å². The van der Waals surface area contributed by atoms with Crippen molar-refractivity contribution in [2.45, 2.75) is 19.4 Å². The molecule has 1 heterocycles. The van der Waals surface area contributed by atoms with Gasteiger partial charge in [-0.2, -0.15) is 0 Å². The maximum absolute atomic E-state index is 13.6. The number of hydrogen-bond acceptors (Lipinski definition) is 3. The Morgan fingerprint density at radius 1 is 1.40 bits per heavy atom. The van der Waals surface area contributed by atoms with Gasteiger partial charge < -0.3 is 10.1 Å². The van der Waals surface area contributed by atoms with Crippen LogP contribution < -0.4 is 10.1 Å². The Balaban J connectivity index is 2.46. The van der Waals surface area contributed by atoms with Crippen LogP contribution in [0.4, 0.5) is 4.39 Å². The lowest BCUT2D eigenvalue weighted by molar-refractivity contribution is 0.402. The quantitative estimate of drug-likeness (QED) is 0.805. The van der Waals surface area contributed by atoms with Crippen molar-refractivity contribution in [2.24, 2.45) is 0 Å². The van der Waals surface area contributed by atoms with Gasteiger partial charge in [-0.25, -0.2) is 4.39 Å². The lowest BCUT2D eigenvalue weighted by atomic mass is 10.0. The van der Waals surface area contributed by atoms with Gasteiger partial charge in [0.05, 0.1) is 13.2 Å². The van der Waals surface area contributed by atoms with Crippen molar-refractivity contribution < 1.29 is 9.13 Å². The number of ether oxygens (including phenoxy) is 1. The molecule has 0 fully saturated rings. The van der Waals surface area contributed by atoms with E-state index in [4.69, 9.17) is 4.74 Å². The zero-order valence-corrected chi connectivity index (χ0v) is 13.9. The van der Waals surface area contributed by atoms with E-state index in [1.54, 1.807) is 30.6 Å². The molecule has 0 saturated carbocycles. The van der Waals surface area contributed by atoms with E-state index < -0.39 is 0 Å². The van der Waals surface area contributed by atoms with Crippen LogP contribution in [0.15, 0.2) is 34.1 Å². The first-order valence-corrected chi connectivity index (χ1v) is 8.14. The van der Waals surface area contributed by atoms with Crippen molar-refractivity contribution in [2.75, 3.05) is 13.7 Å². The second-order valence-electron chi connectivity index (χ2n) is 4.41. The number of thiophene rings is 1. The van der Waals surface area contributed by atoms with Crippen LogP contribution in [-0.4, -0.2) is 13.7 Å². The molecule has 1 N–H and O–H groups in total. The highest BCUT2D eigenvalue weighted by Gasteiger charge is 2.21. The first kappa shape index (κ1) is 15.5. The minimum Gasteiger partial charge on any atom is -0.496 e. The fourth-order valence-corrected chi connectivity index (χ4v) is 3.77. The summed E-state index contributed by atoms with van der Waals surface area (Å²) in [7, 11) is 1.61. The number of nitrogens with one attached hydrogen (secondary N) is 1. The second-order valence-corrected chi connectivity index (χ2v) is 6.21. The summed E-state index contributed by atoms with van der Waals surface area (Å²) in [5.74, 6) is 0.442. The topological polar surface area (TPSA) is 21.3 Å². The summed E-state index contributed by atoms with van der Waals surface area (Å²) < 4.78 is 20.0. The van der Waals surface area contributed by atoms with Crippen molar-refractivity contribution in [1.82, 2.24) is 5.32 Å². The molecule has 0 aliphatic rings. The Morgan fingerprint density at radius 3 is 2.80 bits per heavy atom. The number of methoxy groups -OCH3 is 1. The molecule has 0 amide bonds. The molecule has 1 aromatic heterocycles. The number of hydrogen-bond donors (Lipinski definition) is 1. The van der Waals surface area contributed by atoms with Gasteiger partial charge in [-0.1, -0.05) is 6.92 Å². The van der Waals surface area contributed by atoms with Crippen LogP contribution in [0.1, 0.15) is 29.8 Å². The predicted molar refractivity (Wildman–Crippen MR) is 85.1 cm³/mol. The maximum Gasteiger partial charge on any atom is 0.124 e. The fraction of sp³-hybridized carbons (Fsp3) is 0.333. The minimum absolute atomic E-state index is 0.0741. The SMILES string of the molecule is CCCNC(c1cc(F)ccc1OC)c1sccc1Br. The lowest BCUT2D eigenvalue weighted by Crippen LogP contribution is -2.23. The van der Waals surface area contributed by atoms with Crippen LogP contribution in [0, 0.1) is 5.82 Å². The van der Waals surface area contributed by atoms with Gasteiger partial charge in [0.25, 0.3) is 0 Å². The van der Waals surface area contributed by atoms with Crippen molar-refractivity contribution in [1.29, 1.82) is 0 Å². The minimum atomic E-state index is -0.253. The summed E-state index contributed by atoms with van der Waals surface area (Å²) in [6.07, 6.45) is 1.01. The molecule has 0 aliphatic heterocycles. The molecule has 0 bridgehead atoms. The highest BCUT2D eigenvalue weighted by atomic mass is 79.9. The molecule has 108 valence electrons. The summed E-state index contributed by atoms with van der Waals surface area (Å²) >= 11 is 5.20. The molecule has 2 nitrogen and oxygen atoms in total. The van der Waals surface area contributed by atoms with Gasteiger partial charge in [0.2, 0.25) is 0 Å². The Labute approximate surface area is 131 Å². The Kier molecular flexibility index (Phi) is 5.57. The molecule has 1 atom stereocenters. The largest absolute Gasteiger partial charge is 0.496 e. The first-order chi connectivity index (χ1) is 9.67. The number of halogens is 2. The molecule has 0 radical (unpaired) electrons. The monoisotopic (exact) mass is 357 g/mol. The maximum atomic E-state index is 13.6. The zero-order valence-electron chi connectivity index (χ0n) is 11.5. The molecular weight excluding hydrogens is 341 g/mol. The van der Waals surface area contributed by atoms with Crippen LogP contribution in [0.2, 0.25) is 0 Å². The third kappa shape index (κ3) is 3.40. The van der Waals surface area contributed by atoms with E-state index >= 15 is 0 Å². The van der Waals surface area contributed by atoms with Crippen molar-refractivity contribution in [3.63, 3.8) is 0 Å². The van der Waals surface area contributed by atoms with Gasteiger partial charge in [0.15, 0.2) is 0 Å². The van der Waals surface area contributed by atoms with Crippen LogP contribution in [0.3, 0.4) is 0 Å². The van der Waals surface area contributed by atoms with Crippen molar-refractivity contribution >= 4 is 27.3 Å². The van der Waals surface area contributed by atoms with E-state index in [1.165, 1.54) is 6.07 Å². The molecule has 1 unspecified atom stereocenters. The summed E-state index contributed by atoms with van der Waals surface area (Å²) in [4.78, 5) is 1.13. The van der Waals surface area contributed by atoms with E-state index in [-0.39, 0.29) is 11.9 Å². The summed E-state index contributed by atoms with van der Waals surface area (Å²) in [5.41, 5.74) is 0.823. The molecule has 0 saturated heterocycles. The smallest absolute Gasteiger partial charge is 0.124 e. The molecule has 2 rings (SSSR count). The van der Waals surface area contributed by atoms with Gasteiger partial charge in [-0.15, -0.1) is 11.3 Å².